The van der Waals surface area contributed by atoms with E-state index in [0.717, 1.165) is 17.4 Å². The van der Waals surface area contributed by atoms with Crippen molar-refractivity contribution in [2.75, 3.05) is 0 Å². The lowest BCUT2D eigenvalue weighted by atomic mass is 9.78. The van der Waals surface area contributed by atoms with E-state index in [2.05, 4.69) is 25.1 Å². The third kappa shape index (κ3) is 6.61. The fourth-order valence-electron chi connectivity index (χ4n) is 3.71. The number of nitrogens with zero attached hydrogens (tertiary/aromatic N) is 1. The molecule has 1 fully saturated rings. The minimum absolute atomic E-state index is 0.734. The van der Waals surface area contributed by atoms with Crippen molar-refractivity contribution in [3.63, 3.8) is 0 Å². The second kappa shape index (κ2) is 10.3. The molecule has 1 saturated carbocycles. The van der Waals surface area contributed by atoms with Gasteiger partial charge in [0.2, 0.25) is 0 Å². The molecule has 1 aromatic rings. The van der Waals surface area contributed by atoms with Gasteiger partial charge in [0.05, 0.1) is 11.6 Å². The second-order valence-electron chi connectivity index (χ2n) is 7.10. The molecule has 1 heteroatoms. The van der Waals surface area contributed by atoms with Gasteiger partial charge in [0.1, 0.15) is 0 Å². The Labute approximate surface area is 142 Å². The predicted molar refractivity (Wildman–Crippen MR) is 99.0 cm³/mol. The van der Waals surface area contributed by atoms with Crippen molar-refractivity contribution in [2.45, 2.75) is 71.1 Å². The molecule has 0 aromatic heterocycles. The lowest BCUT2D eigenvalue weighted by Gasteiger charge is -2.28. The molecule has 0 aliphatic heterocycles. The van der Waals surface area contributed by atoms with E-state index in [-0.39, 0.29) is 0 Å². The van der Waals surface area contributed by atoms with E-state index >= 15 is 0 Å². The van der Waals surface area contributed by atoms with Crippen LogP contribution in [0.5, 0.6) is 0 Å². The average Bonchev–Trinajstić information content (AvgIpc) is 2.61. The van der Waals surface area contributed by atoms with Crippen LogP contribution in [0.2, 0.25) is 0 Å². The molecule has 0 unspecified atom stereocenters. The highest BCUT2D eigenvalue weighted by atomic mass is 14.3. The van der Waals surface area contributed by atoms with Crippen LogP contribution < -0.4 is 0 Å². The van der Waals surface area contributed by atoms with Gasteiger partial charge in [-0.25, -0.2) is 0 Å². The van der Waals surface area contributed by atoms with Crippen molar-refractivity contribution >= 4 is 6.08 Å². The lowest BCUT2D eigenvalue weighted by molar-refractivity contribution is 0.250. The van der Waals surface area contributed by atoms with Gasteiger partial charge in [0.25, 0.3) is 0 Å². The molecule has 0 saturated heterocycles. The first-order chi connectivity index (χ1) is 11.3. The third-order valence-electron chi connectivity index (χ3n) is 5.27. The molecule has 124 valence electrons. The monoisotopic (exact) mass is 309 g/mol. The maximum absolute atomic E-state index is 8.80. The van der Waals surface area contributed by atoms with Crippen LogP contribution in [0.25, 0.3) is 6.08 Å². The van der Waals surface area contributed by atoms with Crippen LogP contribution in [0.15, 0.2) is 30.3 Å². The highest BCUT2D eigenvalue weighted by Gasteiger charge is 2.19. The standard InChI is InChI=1S/C22H31N/c1-2-3-4-7-19-10-12-20(13-11-19)8-5-6-9-21-14-16-22(18-23)17-15-21/h6,9,14-17,19-20H,2-5,7-8,10-13H2,1H3/t19-,20-. The van der Waals surface area contributed by atoms with Gasteiger partial charge in [-0.3, -0.25) is 0 Å². The van der Waals surface area contributed by atoms with Gasteiger partial charge in [0.15, 0.2) is 0 Å². The molecule has 1 aromatic carbocycles. The van der Waals surface area contributed by atoms with E-state index in [1.54, 1.807) is 0 Å². The van der Waals surface area contributed by atoms with Crippen molar-refractivity contribution in [3.8, 4) is 6.07 Å². The lowest BCUT2D eigenvalue weighted by Crippen LogP contribution is -2.14. The minimum Gasteiger partial charge on any atom is -0.192 e. The number of allylic oxidation sites excluding steroid dienone is 1. The zero-order chi connectivity index (χ0) is 16.3. The van der Waals surface area contributed by atoms with Crippen LogP contribution in [0.4, 0.5) is 0 Å². The van der Waals surface area contributed by atoms with Crippen molar-refractivity contribution in [2.24, 2.45) is 11.8 Å². The van der Waals surface area contributed by atoms with Crippen molar-refractivity contribution in [1.29, 1.82) is 5.26 Å². The zero-order valence-corrected chi connectivity index (χ0v) is 14.6. The van der Waals surface area contributed by atoms with Crippen LogP contribution in [-0.2, 0) is 0 Å². The minimum atomic E-state index is 0.734. The zero-order valence-electron chi connectivity index (χ0n) is 14.6. The first-order valence-corrected chi connectivity index (χ1v) is 9.48. The largest absolute Gasteiger partial charge is 0.192 e. The summed E-state index contributed by atoms with van der Waals surface area (Å²) in [6.45, 7) is 2.29. The molecule has 23 heavy (non-hydrogen) atoms. The van der Waals surface area contributed by atoms with Gasteiger partial charge in [-0.2, -0.15) is 5.26 Å². The van der Waals surface area contributed by atoms with E-state index in [1.807, 2.05) is 24.3 Å². The fourth-order valence-corrected chi connectivity index (χ4v) is 3.71. The quantitative estimate of drug-likeness (QED) is 0.488. The Morgan fingerprint density at radius 1 is 1.00 bits per heavy atom. The highest BCUT2D eigenvalue weighted by molar-refractivity contribution is 5.50. The molecule has 0 spiro atoms. The van der Waals surface area contributed by atoms with Gasteiger partial charge in [-0.05, 0) is 42.4 Å². The predicted octanol–water partition coefficient (Wildman–Crippen LogP) is 6.74. The number of hydrogen-bond donors (Lipinski definition) is 0. The van der Waals surface area contributed by atoms with Crippen LogP contribution >= 0.6 is 0 Å². The van der Waals surface area contributed by atoms with Crippen molar-refractivity contribution in [1.82, 2.24) is 0 Å². The Morgan fingerprint density at radius 3 is 2.26 bits per heavy atom. The molecule has 0 N–H and O–H groups in total. The van der Waals surface area contributed by atoms with Gasteiger partial charge in [-0.1, -0.05) is 82.6 Å². The smallest absolute Gasteiger partial charge is 0.0991 e. The van der Waals surface area contributed by atoms with E-state index in [9.17, 15) is 0 Å². The van der Waals surface area contributed by atoms with Crippen molar-refractivity contribution in [3.05, 3.63) is 41.5 Å². The molecular weight excluding hydrogens is 278 g/mol. The van der Waals surface area contributed by atoms with E-state index in [4.69, 9.17) is 5.26 Å². The Bertz CT molecular complexity index is 498. The van der Waals surface area contributed by atoms with Gasteiger partial charge in [-0.15, -0.1) is 0 Å². The van der Waals surface area contributed by atoms with Crippen molar-refractivity contribution < 1.29 is 0 Å². The molecule has 0 bridgehead atoms. The molecular formula is C22H31N. The molecule has 1 aliphatic rings. The molecule has 2 rings (SSSR count). The van der Waals surface area contributed by atoms with Crippen LogP contribution in [0.1, 0.15) is 82.3 Å². The normalized spacial score (nSPS) is 21.4. The summed E-state index contributed by atoms with van der Waals surface area (Å²) < 4.78 is 0. The summed E-state index contributed by atoms with van der Waals surface area (Å²) >= 11 is 0. The number of unbranched alkanes of at least 4 members (excludes halogenated alkanes) is 2. The summed E-state index contributed by atoms with van der Waals surface area (Å²) in [5, 5.41) is 8.80. The maximum Gasteiger partial charge on any atom is 0.0991 e. The summed E-state index contributed by atoms with van der Waals surface area (Å²) in [5.41, 5.74) is 1.93. The molecule has 0 radical (unpaired) electrons. The van der Waals surface area contributed by atoms with E-state index in [0.29, 0.717) is 0 Å². The summed E-state index contributed by atoms with van der Waals surface area (Å²) in [5.74, 6) is 1.97. The van der Waals surface area contributed by atoms with Gasteiger partial charge < -0.3 is 0 Å². The molecule has 0 atom stereocenters. The summed E-state index contributed by atoms with van der Waals surface area (Å²) in [4.78, 5) is 0. The summed E-state index contributed by atoms with van der Waals surface area (Å²) in [6, 6.07) is 9.99. The van der Waals surface area contributed by atoms with Crippen LogP contribution in [-0.4, -0.2) is 0 Å². The number of nitriles is 1. The first kappa shape index (κ1) is 17.8. The number of rotatable bonds is 8. The van der Waals surface area contributed by atoms with Crippen LogP contribution in [0.3, 0.4) is 0 Å². The molecule has 1 aliphatic carbocycles. The maximum atomic E-state index is 8.80. The average molecular weight is 309 g/mol. The second-order valence-corrected chi connectivity index (χ2v) is 7.10. The summed E-state index contributed by atoms with van der Waals surface area (Å²) in [7, 11) is 0. The fraction of sp³-hybridized carbons (Fsp3) is 0.591. The molecule has 1 nitrogen and oxygen atoms in total. The van der Waals surface area contributed by atoms with E-state index in [1.165, 1.54) is 69.8 Å². The Hall–Kier alpha value is -1.55. The van der Waals surface area contributed by atoms with Gasteiger partial charge in [0, 0.05) is 0 Å². The molecule has 0 amide bonds. The number of benzene rings is 1. The Balaban J connectivity index is 1.61. The highest BCUT2D eigenvalue weighted by Crippen LogP contribution is 2.34. The number of hydrogen-bond acceptors (Lipinski definition) is 1. The Kier molecular flexibility index (Phi) is 7.95. The third-order valence-corrected chi connectivity index (χ3v) is 5.27. The van der Waals surface area contributed by atoms with Crippen LogP contribution in [0, 0.1) is 23.2 Å². The SMILES string of the molecule is CCCCC[C@H]1CC[C@H](CCC=Cc2ccc(C#N)cc2)CC1. The first-order valence-electron chi connectivity index (χ1n) is 9.48. The topological polar surface area (TPSA) is 23.8 Å². The Morgan fingerprint density at radius 2 is 1.65 bits per heavy atom. The van der Waals surface area contributed by atoms with E-state index < -0.39 is 0 Å². The molecule has 0 heterocycles. The van der Waals surface area contributed by atoms with Gasteiger partial charge >= 0.3 is 0 Å². The summed E-state index contributed by atoms with van der Waals surface area (Å²) in [6.07, 6.45) is 18.5.